The molecule has 2 bridgehead atoms. The van der Waals surface area contributed by atoms with Gasteiger partial charge in [-0.1, -0.05) is 38.0 Å². The summed E-state index contributed by atoms with van der Waals surface area (Å²) in [5, 5.41) is 1.29. The third kappa shape index (κ3) is 2.63. The number of aryl methyl sites for hydroxylation is 1. The molecule has 1 heterocycles. The average Bonchev–Trinajstić information content (AvgIpc) is 2.86. The molecule has 0 saturated heterocycles. The largest absolute Gasteiger partial charge is 0.487 e. The molecule has 2 heteroatoms. The molecule has 27 heavy (non-hydrogen) atoms. The number of aromatic nitrogens is 1. The molecule has 2 aromatic rings. The number of rotatable bonds is 5. The van der Waals surface area contributed by atoms with Gasteiger partial charge in [-0.25, -0.2) is 0 Å². The summed E-state index contributed by atoms with van der Waals surface area (Å²) in [4.78, 5) is 0. The normalized spacial score (nSPS) is 31.4. The predicted octanol–water partition coefficient (Wildman–Crippen LogP) is 5.48. The van der Waals surface area contributed by atoms with E-state index < -0.39 is 0 Å². The monoisotopic (exact) mass is 362 g/mol. The van der Waals surface area contributed by atoms with Gasteiger partial charge in [-0.15, -0.1) is 0 Å². The van der Waals surface area contributed by atoms with Crippen molar-refractivity contribution in [3.63, 3.8) is 0 Å². The maximum atomic E-state index is 6.20. The second kappa shape index (κ2) is 6.36. The number of benzene rings is 1. The molecular formula is C25H32NO+. The fourth-order valence-corrected chi connectivity index (χ4v) is 6.38. The van der Waals surface area contributed by atoms with Gasteiger partial charge in [0.25, 0.3) is 5.52 Å². The number of ether oxygens (including phenoxy) is 1. The van der Waals surface area contributed by atoms with E-state index in [1.54, 1.807) is 5.57 Å². The Morgan fingerprint density at radius 2 is 2.04 bits per heavy atom. The van der Waals surface area contributed by atoms with E-state index in [2.05, 4.69) is 61.9 Å². The van der Waals surface area contributed by atoms with Gasteiger partial charge < -0.3 is 4.74 Å². The van der Waals surface area contributed by atoms with Crippen molar-refractivity contribution in [3.8, 4) is 5.75 Å². The van der Waals surface area contributed by atoms with Crippen molar-refractivity contribution in [2.45, 2.75) is 57.8 Å². The van der Waals surface area contributed by atoms with Crippen molar-refractivity contribution in [2.24, 2.45) is 24.8 Å². The zero-order chi connectivity index (χ0) is 18.6. The first-order chi connectivity index (χ1) is 13.1. The zero-order valence-electron chi connectivity index (χ0n) is 17.0. The van der Waals surface area contributed by atoms with Crippen molar-refractivity contribution < 1.29 is 9.30 Å². The van der Waals surface area contributed by atoms with E-state index in [0.29, 0.717) is 11.3 Å². The van der Waals surface area contributed by atoms with Gasteiger partial charge in [0.1, 0.15) is 7.05 Å². The summed E-state index contributed by atoms with van der Waals surface area (Å²) in [5.74, 6) is 3.53. The smallest absolute Gasteiger partial charge is 0.254 e. The lowest BCUT2D eigenvalue weighted by atomic mass is 9.69. The lowest BCUT2D eigenvalue weighted by Crippen LogP contribution is -2.43. The number of nitrogens with zero attached hydrogens (tertiary/aromatic N) is 1. The SMILES string of the molecule is CCCCOc1cccc2ccc(C34CC(C)C=C5CC(C3)C5C4)[n+](C)c12. The minimum Gasteiger partial charge on any atom is -0.487 e. The summed E-state index contributed by atoms with van der Waals surface area (Å²) in [5.41, 5.74) is 4.89. The van der Waals surface area contributed by atoms with E-state index in [1.165, 1.54) is 48.7 Å². The highest BCUT2D eigenvalue weighted by Crippen LogP contribution is 2.62. The molecule has 0 aliphatic heterocycles. The maximum Gasteiger partial charge on any atom is 0.254 e. The third-order valence-electron chi connectivity index (χ3n) is 7.46. The van der Waals surface area contributed by atoms with Crippen LogP contribution in [0, 0.1) is 17.8 Å². The van der Waals surface area contributed by atoms with Crippen molar-refractivity contribution in [1.29, 1.82) is 0 Å². The number of pyridine rings is 1. The van der Waals surface area contributed by atoms with Crippen molar-refractivity contribution in [3.05, 3.63) is 47.7 Å². The first kappa shape index (κ1) is 17.3. The molecule has 0 N–H and O–H groups in total. The Kier molecular flexibility index (Phi) is 4.07. The summed E-state index contributed by atoms with van der Waals surface area (Å²) < 4.78 is 8.68. The second-order valence-corrected chi connectivity index (χ2v) is 9.36. The lowest BCUT2D eigenvalue weighted by Gasteiger charge is -2.36. The molecule has 0 amide bonds. The molecule has 3 aliphatic carbocycles. The van der Waals surface area contributed by atoms with Crippen LogP contribution in [-0.4, -0.2) is 6.61 Å². The Morgan fingerprint density at radius 1 is 1.15 bits per heavy atom. The van der Waals surface area contributed by atoms with E-state index >= 15 is 0 Å². The quantitative estimate of drug-likeness (QED) is 0.390. The molecular weight excluding hydrogens is 330 g/mol. The number of para-hydroxylation sites is 1. The summed E-state index contributed by atoms with van der Waals surface area (Å²) in [6.45, 7) is 5.44. The van der Waals surface area contributed by atoms with Crippen molar-refractivity contribution in [1.82, 2.24) is 0 Å². The molecule has 1 aromatic carbocycles. The second-order valence-electron chi connectivity index (χ2n) is 9.36. The summed E-state index contributed by atoms with van der Waals surface area (Å²) in [7, 11) is 2.27. The highest BCUT2D eigenvalue weighted by atomic mass is 16.5. The summed E-state index contributed by atoms with van der Waals surface area (Å²) in [6, 6.07) is 11.2. The molecule has 2 nitrogen and oxygen atoms in total. The molecule has 4 atom stereocenters. The number of hydrogen-bond donors (Lipinski definition) is 0. The molecule has 5 rings (SSSR count). The van der Waals surface area contributed by atoms with Gasteiger partial charge in [0.05, 0.1) is 17.4 Å². The van der Waals surface area contributed by atoms with Crippen LogP contribution in [-0.2, 0) is 12.5 Å². The van der Waals surface area contributed by atoms with Gasteiger partial charge in [0.2, 0.25) is 0 Å². The molecule has 4 unspecified atom stereocenters. The maximum absolute atomic E-state index is 6.20. The van der Waals surface area contributed by atoms with Gasteiger partial charge >= 0.3 is 0 Å². The van der Waals surface area contributed by atoms with Crippen LogP contribution in [0.15, 0.2) is 42.0 Å². The Hall–Kier alpha value is -1.83. The van der Waals surface area contributed by atoms with Gasteiger partial charge in [-0.05, 0) is 68.1 Å². The van der Waals surface area contributed by atoms with Crippen LogP contribution in [0.1, 0.15) is 58.1 Å². The van der Waals surface area contributed by atoms with Gasteiger partial charge in [-0.2, -0.15) is 4.57 Å². The summed E-state index contributed by atoms with van der Waals surface area (Å²) in [6.07, 6.45) is 10.3. The van der Waals surface area contributed by atoms with Crippen LogP contribution in [0.4, 0.5) is 0 Å². The van der Waals surface area contributed by atoms with E-state index in [0.717, 1.165) is 30.6 Å². The van der Waals surface area contributed by atoms with E-state index in [1.807, 2.05) is 0 Å². The standard InChI is InChI=1S/C25H32NO/c1-4-5-11-27-22-8-6-7-18-9-10-23(26(3)24(18)22)25-14-17(2)12-19-13-20(15-25)21(19)16-25/h6-10,12,17,20-21H,4-5,11,13-16H2,1-3H3/q+1. The molecule has 142 valence electrons. The number of hydrogen-bond acceptors (Lipinski definition) is 1. The fourth-order valence-electron chi connectivity index (χ4n) is 6.38. The highest BCUT2D eigenvalue weighted by Gasteiger charge is 2.57. The van der Waals surface area contributed by atoms with E-state index in [4.69, 9.17) is 4.74 Å². The molecule has 2 fully saturated rings. The number of fused-ring (bicyclic) bond motifs is 2. The molecule has 3 aliphatic rings. The molecule has 0 spiro atoms. The van der Waals surface area contributed by atoms with Crippen LogP contribution in [0.2, 0.25) is 0 Å². The fraction of sp³-hybridized carbons (Fsp3) is 0.560. The number of unbranched alkanes of at least 4 members (excludes halogenated alkanes) is 1. The van der Waals surface area contributed by atoms with Gasteiger partial charge in [-0.3, -0.25) is 0 Å². The van der Waals surface area contributed by atoms with Gasteiger partial charge in [0.15, 0.2) is 11.4 Å². The minimum absolute atomic E-state index is 0.336. The van der Waals surface area contributed by atoms with Crippen LogP contribution in [0.5, 0.6) is 5.75 Å². The molecule has 2 saturated carbocycles. The van der Waals surface area contributed by atoms with Crippen molar-refractivity contribution in [2.75, 3.05) is 6.61 Å². The lowest BCUT2D eigenvalue weighted by molar-refractivity contribution is -0.657. The van der Waals surface area contributed by atoms with Crippen LogP contribution < -0.4 is 9.30 Å². The zero-order valence-corrected chi connectivity index (χ0v) is 17.0. The van der Waals surface area contributed by atoms with E-state index in [9.17, 15) is 0 Å². The predicted molar refractivity (Wildman–Crippen MR) is 110 cm³/mol. The van der Waals surface area contributed by atoms with Gasteiger partial charge in [0, 0.05) is 6.07 Å². The summed E-state index contributed by atoms with van der Waals surface area (Å²) >= 11 is 0. The van der Waals surface area contributed by atoms with Crippen LogP contribution in [0.3, 0.4) is 0 Å². The Labute approximate surface area is 163 Å². The van der Waals surface area contributed by atoms with E-state index in [-0.39, 0.29) is 0 Å². The van der Waals surface area contributed by atoms with Crippen molar-refractivity contribution >= 4 is 10.9 Å². The Bertz CT molecular complexity index is 914. The first-order valence-electron chi connectivity index (χ1n) is 10.9. The van der Waals surface area contributed by atoms with Crippen LogP contribution in [0.25, 0.3) is 10.9 Å². The average molecular weight is 363 g/mol. The molecule has 0 radical (unpaired) electrons. The Balaban J connectivity index is 1.60. The number of allylic oxidation sites excluding steroid dienone is 2. The minimum atomic E-state index is 0.336. The van der Waals surface area contributed by atoms with Crippen LogP contribution >= 0.6 is 0 Å². The third-order valence-corrected chi connectivity index (χ3v) is 7.46. The highest BCUT2D eigenvalue weighted by molar-refractivity contribution is 5.81. The topological polar surface area (TPSA) is 13.1 Å². The Morgan fingerprint density at radius 3 is 2.89 bits per heavy atom. The first-order valence-corrected chi connectivity index (χ1v) is 10.9. The molecule has 1 aromatic heterocycles.